The summed E-state index contributed by atoms with van der Waals surface area (Å²) in [6.07, 6.45) is 1.21. The molecule has 1 saturated heterocycles. The van der Waals surface area contributed by atoms with Gasteiger partial charge in [-0.1, -0.05) is 38.1 Å². The molecule has 17 heavy (non-hydrogen) atoms. The van der Waals surface area contributed by atoms with Crippen molar-refractivity contribution in [2.24, 2.45) is 17.4 Å². The van der Waals surface area contributed by atoms with Gasteiger partial charge in [0, 0.05) is 12.6 Å². The van der Waals surface area contributed by atoms with Gasteiger partial charge in [0.1, 0.15) is 0 Å². The van der Waals surface area contributed by atoms with Crippen LogP contribution in [0.25, 0.3) is 0 Å². The van der Waals surface area contributed by atoms with Crippen molar-refractivity contribution in [1.29, 1.82) is 0 Å². The van der Waals surface area contributed by atoms with E-state index in [0.29, 0.717) is 24.4 Å². The van der Waals surface area contributed by atoms with E-state index < -0.39 is 0 Å². The van der Waals surface area contributed by atoms with E-state index in [1.807, 2.05) is 0 Å². The maximum atomic E-state index is 5.96. The zero-order valence-corrected chi connectivity index (χ0v) is 10.7. The van der Waals surface area contributed by atoms with Crippen LogP contribution in [0.2, 0.25) is 0 Å². The van der Waals surface area contributed by atoms with Gasteiger partial charge < -0.3 is 11.5 Å². The second-order valence-electron chi connectivity index (χ2n) is 5.25. The van der Waals surface area contributed by atoms with Crippen LogP contribution in [-0.4, -0.2) is 12.2 Å². The van der Waals surface area contributed by atoms with Gasteiger partial charge in [-0.3, -0.25) is 5.32 Å². The minimum atomic E-state index is 0.148. The number of hydrogen-bond acceptors (Lipinski definition) is 3. The summed E-state index contributed by atoms with van der Waals surface area (Å²) in [6, 6.07) is 9.03. The zero-order valence-electron chi connectivity index (χ0n) is 10.7. The van der Waals surface area contributed by atoms with Gasteiger partial charge in [-0.05, 0) is 29.4 Å². The molecular weight excluding hydrogens is 210 g/mol. The maximum Gasteiger partial charge on any atom is 0.0551 e. The van der Waals surface area contributed by atoms with Crippen molar-refractivity contribution in [1.82, 2.24) is 5.32 Å². The molecule has 3 nitrogen and oxygen atoms in total. The van der Waals surface area contributed by atoms with Gasteiger partial charge in [0.2, 0.25) is 0 Å². The van der Waals surface area contributed by atoms with Gasteiger partial charge in [0.15, 0.2) is 0 Å². The summed E-state index contributed by atoms with van der Waals surface area (Å²) in [5, 5.41) is 3.49. The maximum absolute atomic E-state index is 5.96. The van der Waals surface area contributed by atoms with Gasteiger partial charge in [-0.25, -0.2) is 0 Å². The highest BCUT2D eigenvalue weighted by atomic mass is 15.1. The molecule has 0 spiro atoms. The van der Waals surface area contributed by atoms with Crippen molar-refractivity contribution in [2.75, 3.05) is 0 Å². The lowest BCUT2D eigenvalue weighted by Crippen LogP contribution is -2.39. The smallest absolute Gasteiger partial charge is 0.0551 e. The highest BCUT2D eigenvalue weighted by Crippen LogP contribution is 2.30. The molecule has 94 valence electrons. The normalized spacial score (nSPS) is 30.5. The van der Waals surface area contributed by atoms with E-state index in [-0.39, 0.29) is 6.17 Å². The molecule has 1 aliphatic rings. The summed E-state index contributed by atoms with van der Waals surface area (Å²) in [5.74, 6) is 1.10. The molecule has 0 bridgehead atoms. The van der Waals surface area contributed by atoms with Crippen molar-refractivity contribution in [3.8, 4) is 0 Å². The molecule has 5 N–H and O–H groups in total. The van der Waals surface area contributed by atoms with Crippen LogP contribution in [0.3, 0.4) is 0 Å². The van der Waals surface area contributed by atoms with E-state index in [1.54, 1.807) is 0 Å². The summed E-state index contributed by atoms with van der Waals surface area (Å²) < 4.78 is 0. The number of hydrogen-bond donors (Lipinski definition) is 3. The van der Waals surface area contributed by atoms with E-state index >= 15 is 0 Å². The fraction of sp³-hybridized carbons (Fsp3) is 0.571. The molecule has 3 heteroatoms. The summed E-state index contributed by atoms with van der Waals surface area (Å²) in [5.41, 5.74) is 14.2. The summed E-state index contributed by atoms with van der Waals surface area (Å²) >= 11 is 0. The van der Waals surface area contributed by atoms with Crippen LogP contribution in [0.4, 0.5) is 0 Å². The van der Waals surface area contributed by atoms with Crippen LogP contribution in [-0.2, 0) is 6.54 Å². The third-order valence-electron chi connectivity index (χ3n) is 3.90. The number of nitrogens with one attached hydrogen (secondary N) is 1. The van der Waals surface area contributed by atoms with Gasteiger partial charge in [-0.15, -0.1) is 0 Å². The molecule has 1 aromatic rings. The average molecular weight is 233 g/mol. The van der Waals surface area contributed by atoms with Gasteiger partial charge in [-0.2, -0.15) is 0 Å². The molecule has 2 rings (SSSR count). The minimum absolute atomic E-state index is 0.148. The highest BCUT2D eigenvalue weighted by molar-refractivity contribution is 5.27. The van der Waals surface area contributed by atoms with Crippen molar-refractivity contribution in [3.05, 3.63) is 35.4 Å². The monoisotopic (exact) mass is 233 g/mol. The Labute approximate surface area is 104 Å². The Morgan fingerprint density at radius 1 is 1.47 bits per heavy atom. The van der Waals surface area contributed by atoms with Crippen molar-refractivity contribution < 1.29 is 0 Å². The van der Waals surface area contributed by atoms with Gasteiger partial charge >= 0.3 is 0 Å². The lowest BCUT2D eigenvalue weighted by molar-refractivity contribution is 0.419. The first kappa shape index (κ1) is 12.6. The minimum Gasteiger partial charge on any atom is -0.326 e. The third kappa shape index (κ3) is 2.68. The summed E-state index contributed by atoms with van der Waals surface area (Å²) in [4.78, 5) is 0. The van der Waals surface area contributed by atoms with Crippen LogP contribution < -0.4 is 16.8 Å². The fourth-order valence-corrected chi connectivity index (χ4v) is 2.87. The predicted molar refractivity (Wildman–Crippen MR) is 71.4 cm³/mol. The van der Waals surface area contributed by atoms with E-state index in [4.69, 9.17) is 11.5 Å². The van der Waals surface area contributed by atoms with E-state index in [0.717, 1.165) is 6.42 Å². The highest BCUT2D eigenvalue weighted by Gasteiger charge is 2.32. The lowest BCUT2D eigenvalue weighted by atomic mass is 9.86. The molecule has 4 unspecified atom stereocenters. The first-order valence-electron chi connectivity index (χ1n) is 6.42. The van der Waals surface area contributed by atoms with Gasteiger partial charge in [0.25, 0.3) is 0 Å². The molecule has 0 amide bonds. The standard InChI is InChI=1S/C14H23N3/c1-9-6-13(16)17-14(9)10(2)12-5-3-4-11(7-12)8-15/h3-5,7,9-10,13-14,17H,6,8,15-16H2,1-2H3. The molecule has 0 saturated carbocycles. The number of benzene rings is 1. The Hall–Kier alpha value is -0.900. The Balaban J connectivity index is 2.15. The quantitative estimate of drug-likeness (QED) is 0.742. The largest absolute Gasteiger partial charge is 0.326 e. The molecule has 0 aromatic heterocycles. The molecule has 1 aliphatic heterocycles. The first-order chi connectivity index (χ1) is 8.11. The SMILES string of the molecule is CC1CC(N)NC1C(C)c1cccc(CN)c1. The number of nitrogens with two attached hydrogens (primary N) is 2. The summed E-state index contributed by atoms with van der Waals surface area (Å²) in [7, 11) is 0. The van der Waals surface area contributed by atoms with Crippen molar-refractivity contribution >= 4 is 0 Å². The van der Waals surface area contributed by atoms with Crippen molar-refractivity contribution in [2.45, 2.75) is 44.9 Å². The molecular formula is C14H23N3. The van der Waals surface area contributed by atoms with Crippen LogP contribution in [0.15, 0.2) is 24.3 Å². The Kier molecular flexibility index (Phi) is 3.82. The van der Waals surface area contributed by atoms with Gasteiger partial charge in [0.05, 0.1) is 6.17 Å². The molecule has 1 heterocycles. The van der Waals surface area contributed by atoms with E-state index in [1.165, 1.54) is 11.1 Å². The van der Waals surface area contributed by atoms with Crippen LogP contribution in [0.5, 0.6) is 0 Å². The molecule has 4 atom stereocenters. The second kappa shape index (κ2) is 5.17. The third-order valence-corrected chi connectivity index (χ3v) is 3.90. The van der Waals surface area contributed by atoms with Crippen LogP contribution in [0, 0.1) is 5.92 Å². The predicted octanol–water partition coefficient (Wildman–Crippen LogP) is 1.53. The topological polar surface area (TPSA) is 64.1 Å². The van der Waals surface area contributed by atoms with Crippen molar-refractivity contribution in [3.63, 3.8) is 0 Å². The average Bonchev–Trinajstić information content (AvgIpc) is 2.67. The van der Waals surface area contributed by atoms with Crippen LogP contribution >= 0.6 is 0 Å². The van der Waals surface area contributed by atoms with E-state index in [2.05, 4.69) is 43.4 Å². The Morgan fingerprint density at radius 2 is 2.24 bits per heavy atom. The van der Waals surface area contributed by atoms with E-state index in [9.17, 15) is 0 Å². The molecule has 0 aliphatic carbocycles. The molecule has 0 radical (unpaired) electrons. The lowest BCUT2D eigenvalue weighted by Gasteiger charge is -2.24. The fourth-order valence-electron chi connectivity index (χ4n) is 2.87. The molecule has 1 fully saturated rings. The second-order valence-corrected chi connectivity index (χ2v) is 5.25. The Bertz CT molecular complexity index is 377. The Morgan fingerprint density at radius 3 is 2.82 bits per heavy atom. The summed E-state index contributed by atoms with van der Waals surface area (Å²) in [6.45, 7) is 5.14. The molecule has 1 aromatic carbocycles. The first-order valence-corrected chi connectivity index (χ1v) is 6.42. The van der Waals surface area contributed by atoms with Crippen LogP contribution in [0.1, 0.15) is 37.3 Å². The number of rotatable bonds is 3. The zero-order chi connectivity index (χ0) is 12.4.